The normalized spacial score (nSPS) is 13.0. The van der Waals surface area contributed by atoms with Gasteiger partial charge < -0.3 is 4.57 Å². The Morgan fingerprint density at radius 3 is 2.43 bits per heavy atom. The van der Waals surface area contributed by atoms with Gasteiger partial charge in [0.1, 0.15) is 5.82 Å². The summed E-state index contributed by atoms with van der Waals surface area (Å²) in [5.41, 5.74) is -0.951. The summed E-state index contributed by atoms with van der Waals surface area (Å²) < 4.78 is 55.4. The molecule has 0 aliphatic carbocycles. The molecule has 2 heterocycles. The van der Waals surface area contributed by atoms with Crippen molar-refractivity contribution in [1.82, 2.24) is 9.13 Å². The standard InChI is InChI=1S/C21H15F4N3O2/c1-27-11-18(16-7-14(21(23,24)25)6-13-8-26-9-17(13)16)19(29)28(20(27)30)10-12-2-4-15(22)5-3-12/h2-7,9,11H,8,10H2,1H3. The Labute approximate surface area is 167 Å². The van der Waals surface area contributed by atoms with Crippen molar-refractivity contribution in [2.45, 2.75) is 19.3 Å². The first-order valence-corrected chi connectivity index (χ1v) is 8.94. The number of hydrogen-bond donors (Lipinski definition) is 0. The van der Waals surface area contributed by atoms with E-state index in [4.69, 9.17) is 0 Å². The zero-order valence-corrected chi connectivity index (χ0v) is 15.7. The Hall–Kier alpha value is -3.49. The van der Waals surface area contributed by atoms with E-state index in [0.717, 1.165) is 21.3 Å². The minimum Gasteiger partial charge on any atom is -0.303 e. The van der Waals surface area contributed by atoms with Crippen LogP contribution in [0.3, 0.4) is 0 Å². The van der Waals surface area contributed by atoms with Crippen molar-refractivity contribution in [2.24, 2.45) is 12.0 Å². The van der Waals surface area contributed by atoms with Crippen LogP contribution in [0.25, 0.3) is 11.1 Å². The van der Waals surface area contributed by atoms with E-state index in [1.807, 2.05) is 0 Å². The number of nitrogens with zero attached hydrogens (tertiary/aromatic N) is 3. The molecule has 0 atom stereocenters. The Bertz CT molecular complexity index is 1290. The number of benzene rings is 2. The highest BCUT2D eigenvalue weighted by Crippen LogP contribution is 2.36. The molecule has 0 amide bonds. The van der Waals surface area contributed by atoms with Crippen LogP contribution in [-0.4, -0.2) is 15.3 Å². The summed E-state index contributed by atoms with van der Waals surface area (Å²) in [5, 5.41) is 0. The van der Waals surface area contributed by atoms with Crippen molar-refractivity contribution in [1.29, 1.82) is 0 Å². The second-order valence-corrected chi connectivity index (χ2v) is 7.02. The molecular weight excluding hydrogens is 402 g/mol. The maximum Gasteiger partial charge on any atom is 0.416 e. The van der Waals surface area contributed by atoms with Gasteiger partial charge in [-0.15, -0.1) is 0 Å². The van der Waals surface area contributed by atoms with Gasteiger partial charge in [0.2, 0.25) is 0 Å². The molecule has 1 aliphatic rings. The SMILES string of the molecule is Cn1cc(-c2cc(C(F)(F)F)cc3c2C=NC3)c(=O)n(Cc2ccc(F)cc2)c1=O. The molecule has 3 aromatic rings. The third kappa shape index (κ3) is 3.47. The average Bonchev–Trinajstić information content (AvgIpc) is 3.17. The number of hydrogen-bond acceptors (Lipinski definition) is 3. The molecular formula is C21H15F4N3O2. The van der Waals surface area contributed by atoms with Crippen molar-refractivity contribution < 1.29 is 17.6 Å². The van der Waals surface area contributed by atoms with Gasteiger partial charge in [-0.25, -0.2) is 9.18 Å². The van der Waals surface area contributed by atoms with Gasteiger partial charge in [0, 0.05) is 25.0 Å². The fraction of sp³-hybridized carbons (Fsp3) is 0.190. The van der Waals surface area contributed by atoms with E-state index < -0.39 is 28.8 Å². The van der Waals surface area contributed by atoms with Crippen molar-refractivity contribution in [3.05, 3.63) is 91.5 Å². The number of fused-ring (bicyclic) bond motifs is 1. The number of aliphatic imine (C=N–C) groups is 1. The molecule has 0 bridgehead atoms. The van der Waals surface area contributed by atoms with Crippen LogP contribution < -0.4 is 11.2 Å². The lowest BCUT2D eigenvalue weighted by molar-refractivity contribution is -0.137. The fourth-order valence-corrected chi connectivity index (χ4v) is 3.44. The topological polar surface area (TPSA) is 56.4 Å². The van der Waals surface area contributed by atoms with Gasteiger partial charge in [-0.2, -0.15) is 13.2 Å². The summed E-state index contributed by atoms with van der Waals surface area (Å²) in [6, 6.07) is 7.19. The number of alkyl halides is 3. The molecule has 0 N–H and O–H groups in total. The summed E-state index contributed by atoms with van der Waals surface area (Å²) in [6.45, 7) is -0.0589. The molecule has 0 unspecified atom stereocenters. The highest BCUT2D eigenvalue weighted by Gasteiger charge is 2.33. The third-order valence-corrected chi connectivity index (χ3v) is 4.95. The summed E-state index contributed by atoms with van der Waals surface area (Å²) in [4.78, 5) is 29.7. The van der Waals surface area contributed by atoms with E-state index in [1.165, 1.54) is 43.7 Å². The predicted octanol–water partition coefficient (Wildman–Crippen LogP) is 3.35. The Morgan fingerprint density at radius 2 is 1.77 bits per heavy atom. The van der Waals surface area contributed by atoms with Gasteiger partial charge in [0.15, 0.2) is 0 Å². The van der Waals surface area contributed by atoms with Gasteiger partial charge >= 0.3 is 11.9 Å². The van der Waals surface area contributed by atoms with Gasteiger partial charge in [-0.1, -0.05) is 12.1 Å². The number of rotatable bonds is 3. The molecule has 2 aromatic carbocycles. The molecule has 1 aromatic heterocycles. The molecule has 0 radical (unpaired) electrons. The predicted molar refractivity (Wildman–Crippen MR) is 103 cm³/mol. The van der Waals surface area contributed by atoms with Gasteiger partial charge in [-0.05, 0) is 41.0 Å². The van der Waals surface area contributed by atoms with Crippen molar-refractivity contribution in [3.8, 4) is 11.1 Å². The van der Waals surface area contributed by atoms with Gasteiger partial charge in [0.25, 0.3) is 5.56 Å². The Balaban J connectivity index is 1.93. The molecule has 30 heavy (non-hydrogen) atoms. The smallest absolute Gasteiger partial charge is 0.303 e. The zero-order valence-electron chi connectivity index (χ0n) is 15.7. The van der Waals surface area contributed by atoms with Gasteiger partial charge in [-0.3, -0.25) is 14.4 Å². The first-order valence-electron chi connectivity index (χ1n) is 8.94. The summed E-state index contributed by atoms with van der Waals surface area (Å²) in [7, 11) is 1.41. The highest BCUT2D eigenvalue weighted by molar-refractivity contribution is 5.94. The van der Waals surface area contributed by atoms with E-state index in [9.17, 15) is 27.2 Å². The fourth-order valence-electron chi connectivity index (χ4n) is 3.44. The summed E-state index contributed by atoms with van der Waals surface area (Å²) in [6.07, 6.45) is -1.94. The van der Waals surface area contributed by atoms with E-state index in [-0.39, 0.29) is 24.2 Å². The molecule has 0 spiro atoms. The second-order valence-electron chi connectivity index (χ2n) is 7.02. The molecule has 154 valence electrons. The third-order valence-electron chi connectivity index (χ3n) is 4.95. The molecule has 9 heteroatoms. The molecule has 0 fully saturated rings. The maximum atomic E-state index is 13.4. The Morgan fingerprint density at radius 1 is 1.07 bits per heavy atom. The van der Waals surface area contributed by atoms with Crippen molar-refractivity contribution in [2.75, 3.05) is 0 Å². The average molecular weight is 417 g/mol. The highest BCUT2D eigenvalue weighted by atomic mass is 19.4. The molecule has 1 aliphatic heterocycles. The van der Waals surface area contributed by atoms with Crippen LogP contribution >= 0.6 is 0 Å². The number of aromatic nitrogens is 2. The van der Waals surface area contributed by atoms with Crippen molar-refractivity contribution in [3.63, 3.8) is 0 Å². The quantitative estimate of drug-likeness (QED) is 0.614. The lowest BCUT2D eigenvalue weighted by atomic mass is 9.95. The Kier molecular flexibility index (Phi) is 4.68. The zero-order chi connectivity index (χ0) is 21.6. The summed E-state index contributed by atoms with van der Waals surface area (Å²) in [5.74, 6) is -0.466. The van der Waals surface area contributed by atoms with Crippen LogP contribution in [0, 0.1) is 5.82 Å². The largest absolute Gasteiger partial charge is 0.416 e. The molecule has 4 rings (SSSR count). The van der Waals surface area contributed by atoms with E-state index in [2.05, 4.69) is 4.99 Å². The van der Waals surface area contributed by atoms with Crippen LogP contribution in [0.2, 0.25) is 0 Å². The molecule has 0 saturated carbocycles. The summed E-state index contributed by atoms with van der Waals surface area (Å²) >= 11 is 0. The van der Waals surface area contributed by atoms with Crippen LogP contribution in [0.15, 0.2) is 57.2 Å². The molecule has 0 saturated heterocycles. The van der Waals surface area contributed by atoms with E-state index in [1.54, 1.807) is 0 Å². The van der Waals surface area contributed by atoms with Crippen LogP contribution in [0.1, 0.15) is 22.3 Å². The van der Waals surface area contributed by atoms with Crippen molar-refractivity contribution >= 4 is 6.21 Å². The second kappa shape index (κ2) is 7.08. The van der Waals surface area contributed by atoms with Crippen LogP contribution in [-0.2, 0) is 26.3 Å². The number of aryl methyl sites for hydroxylation is 1. The first-order chi connectivity index (χ1) is 14.1. The number of halogens is 4. The molecule has 5 nitrogen and oxygen atoms in total. The van der Waals surface area contributed by atoms with Crippen LogP contribution in [0.5, 0.6) is 0 Å². The van der Waals surface area contributed by atoms with E-state index >= 15 is 0 Å². The minimum atomic E-state index is -4.60. The van der Waals surface area contributed by atoms with Gasteiger partial charge in [0.05, 0.1) is 24.2 Å². The monoisotopic (exact) mass is 417 g/mol. The van der Waals surface area contributed by atoms with E-state index in [0.29, 0.717) is 16.7 Å². The first kappa shape index (κ1) is 19.8. The maximum absolute atomic E-state index is 13.4. The lowest BCUT2D eigenvalue weighted by Gasteiger charge is -2.15. The lowest BCUT2D eigenvalue weighted by Crippen LogP contribution is -2.39. The van der Waals surface area contributed by atoms with Crippen LogP contribution in [0.4, 0.5) is 17.6 Å². The minimum absolute atomic E-state index is 0.0464.